The van der Waals surface area contributed by atoms with Gasteiger partial charge in [-0.15, -0.1) is 11.6 Å². The van der Waals surface area contributed by atoms with E-state index in [1.165, 1.54) is 5.01 Å². The Kier molecular flexibility index (Phi) is 12.1. The third kappa shape index (κ3) is 8.39. The number of benzene rings is 2. The van der Waals surface area contributed by atoms with Crippen molar-refractivity contribution in [3.05, 3.63) is 68.6 Å². The summed E-state index contributed by atoms with van der Waals surface area (Å²) < 4.78 is 12.1. The quantitative estimate of drug-likeness (QED) is 0.0709. The summed E-state index contributed by atoms with van der Waals surface area (Å²) >= 11 is 7.68. The summed E-state index contributed by atoms with van der Waals surface area (Å²) in [7, 11) is 1.73. The Morgan fingerprint density at radius 1 is 1.08 bits per heavy atom. The molecule has 0 aliphatic rings. The van der Waals surface area contributed by atoms with Gasteiger partial charge in [0.05, 0.1) is 28.4 Å². The molecule has 2 atom stereocenters. The minimum atomic E-state index is -0.844. The van der Waals surface area contributed by atoms with Crippen molar-refractivity contribution in [1.29, 1.82) is 0 Å². The van der Waals surface area contributed by atoms with Crippen molar-refractivity contribution in [1.82, 2.24) is 10.3 Å². The molecule has 2 aromatic carbocycles. The molecule has 0 aliphatic heterocycles. The number of halogens is 2. The second-order valence-electron chi connectivity index (χ2n) is 9.03. The first-order valence-electron chi connectivity index (χ1n) is 11.6. The first-order chi connectivity index (χ1) is 17.0. The zero-order chi connectivity index (χ0) is 26.9. The fraction of sp³-hybridized carbons (Fsp3) is 0.462. The smallest absolute Gasteiger partial charge is 0.122 e. The number of hydrazine groups is 1. The van der Waals surface area contributed by atoms with E-state index in [1.54, 1.807) is 7.05 Å². The lowest BCUT2D eigenvalue weighted by Gasteiger charge is -2.27. The molecule has 10 heteroatoms. The molecule has 200 valence electrons. The first kappa shape index (κ1) is 30.5. The Labute approximate surface area is 232 Å². The summed E-state index contributed by atoms with van der Waals surface area (Å²) in [4.78, 5) is 0. The number of rotatable bonds is 14. The molecule has 36 heavy (non-hydrogen) atoms. The number of aryl methyl sites for hydroxylation is 1. The maximum absolute atomic E-state index is 10.3. The fourth-order valence-electron chi connectivity index (χ4n) is 3.58. The lowest BCUT2D eigenvalue weighted by atomic mass is 9.77. The minimum Gasteiger partial charge on any atom is -0.491 e. The Hall–Kier alpha value is -1.76. The number of aliphatic hydroxyl groups is 3. The molecule has 0 aromatic heterocycles. The van der Waals surface area contributed by atoms with Crippen LogP contribution in [0.3, 0.4) is 0 Å². The number of nitrogens with two attached hydrogens (primary N) is 1. The predicted octanol–water partition coefficient (Wildman–Crippen LogP) is 3.03. The number of ether oxygens (including phenoxy) is 2. The highest BCUT2D eigenvalue weighted by molar-refractivity contribution is 14.1. The molecule has 2 rings (SSSR count). The fourth-order valence-corrected chi connectivity index (χ4v) is 4.15. The zero-order valence-electron chi connectivity index (χ0n) is 21.2. The number of nitrogens with zero attached hydrogens (tertiary/aromatic N) is 1. The van der Waals surface area contributed by atoms with Crippen LogP contribution in [-0.2, 0) is 5.41 Å². The van der Waals surface area contributed by atoms with E-state index in [1.807, 2.05) is 65.9 Å². The van der Waals surface area contributed by atoms with Crippen molar-refractivity contribution in [3.8, 4) is 11.5 Å². The Bertz CT molecular complexity index is 1000. The topological polar surface area (TPSA) is 120 Å². The van der Waals surface area contributed by atoms with Gasteiger partial charge < -0.3 is 35.1 Å². The van der Waals surface area contributed by atoms with E-state index in [0.717, 1.165) is 22.4 Å². The van der Waals surface area contributed by atoms with Crippen molar-refractivity contribution in [2.24, 2.45) is 5.84 Å². The molecular formula is C26H37ClIN3O5. The first-order valence-corrected chi connectivity index (χ1v) is 13.2. The largest absolute Gasteiger partial charge is 0.491 e. The molecule has 0 saturated carbocycles. The van der Waals surface area contributed by atoms with E-state index in [-0.39, 0.29) is 37.7 Å². The molecule has 0 heterocycles. The highest BCUT2D eigenvalue weighted by atomic mass is 127. The normalized spacial score (nSPS) is 14.1. The number of aliphatic hydroxyl groups excluding tert-OH is 3. The van der Waals surface area contributed by atoms with Crippen molar-refractivity contribution in [3.63, 3.8) is 0 Å². The highest BCUT2D eigenvalue weighted by Gasteiger charge is 2.24. The third-order valence-electron chi connectivity index (χ3n) is 5.90. The van der Waals surface area contributed by atoms with Crippen molar-refractivity contribution in [2.45, 2.75) is 38.4 Å². The molecule has 0 bridgehead atoms. The maximum atomic E-state index is 10.3. The lowest BCUT2D eigenvalue weighted by molar-refractivity contribution is 0.0744. The Morgan fingerprint density at radius 3 is 2.25 bits per heavy atom. The van der Waals surface area contributed by atoms with Gasteiger partial charge >= 0.3 is 0 Å². The summed E-state index contributed by atoms with van der Waals surface area (Å²) in [5.41, 5.74) is 3.43. The summed E-state index contributed by atoms with van der Waals surface area (Å²) in [6, 6.07) is 13.8. The summed E-state index contributed by atoms with van der Waals surface area (Å²) in [6.07, 6.45) is -1.54. The zero-order valence-corrected chi connectivity index (χ0v) is 24.1. The van der Waals surface area contributed by atoms with Crippen molar-refractivity contribution < 1.29 is 24.8 Å². The summed E-state index contributed by atoms with van der Waals surface area (Å²) in [6.45, 7) is 6.35. The van der Waals surface area contributed by atoms with Gasteiger partial charge in [-0.1, -0.05) is 38.1 Å². The van der Waals surface area contributed by atoms with Gasteiger partial charge in [0.1, 0.15) is 36.9 Å². The average molecular weight is 634 g/mol. The van der Waals surface area contributed by atoms with Gasteiger partial charge in [-0.3, -0.25) is 0 Å². The van der Waals surface area contributed by atoms with E-state index in [9.17, 15) is 15.3 Å². The monoisotopic (exact) mass is 633 g/mol. The number of nitrogens with one attached hydrogen (secondary N) is 1. The molecule has 0 unspecified atom stereocenters. The molecule has 8 nitrogen and oxygen atoms in total. The van der Waals surface area contributed by atoms with Crippen LogP contribution < -0.4 is 20.6 Å². The van der Waals surface area contributed by atoms with Crippen LogP contribution in [0.2, 0.25) is 0 Å². The molecule has 0 spiro atoms. The molecule has 6 N–H and O–H groups in total. The molecule has 0 radical (unpaired) electrons. The third-order valence-corrected chi connectivity index (χ3v) is 7.42. The van der Waals surface area contributed by atoms with Crippen LogP contribution in [-0.4, -0.2) is 71.8 Å². The highest BCUT2D eigenvalue weighted by Crippen LogP contribution is 2.34. The van der Waals surface area contributed by atoms with Crippen molar-refractivity contribution >= 4 is 34.2 Å². The number of hydrogen-bond acceptors (Lipinski definition) is 8. The molecule has 0 amide bonds. The molecule has 2 aromatic rings. The van der Waals surface area contributed by atoms with Crippen LogP contribution in [0.25, 0.3) is 0 Å². The number of alkyl halides is 1. The predicted molar refractivity (Wildman–Crippen MR) is 152 cm³/mol. The van der Waals surface area contributed by atoms with Crippen molar-refractivity contribution in [2.75, 3.05) is 39.3 Å². The van der Waals surface area contributed by atoms with Crippen LogP contribution in [0.5, 0.6) is 11.5 Å². The summed E-state index contributed by atoms with van der Waals surface area (Å²) in [5, 5.41) is 33.7. The minimum absolute atomic E-state index is 0.0599. The molecular weight excluding hydrogens is 597 g/mol. The molecule has 0 fully saturated rings. The van der Waals surface area contributed by atoms with Gasteiger partial charge in [0.15, 0.2) is 0 Å². The van der Waals surface area contributed by atoms with Gasteiger partial charge in [-0.25, -0.2) is 5.84 Å². The number of hydrogen-bond donors (Lipinski definition) is 5. The lowest BCUT2D eigenvalue weighted by Crippen LogP contribution is -2.41. The second kappa shape index (κ2) is 14.3. The summed E-state index contributed by atoms with van der Waals surface area (Å²) in [5.74, 6) is 7.47. The van der Waals surface area contributed by atoms with Crippen LogP contribution in [0.15, 0.2) is 51.9 Å². The van der Waals surface area contributed by atoms with Crippen LogP contribution in [0.1, 0.15) is 30.5 Å². The standard InChI is InChI=1S/C26H37ClIN3O5/c1-17-11-19(7-10-24(17)36-15-20(33)12-27)26(2,3)18-5-8-22(9-6-18)35-16-21(34)13-31(29)23(14-32)25(28)30-4/h5-11,20-21,30,32-34H,12-16,29H2,1-4H3/b25-23-/t20-,21+/m0/s1. The van der Waals surface area contributed by atoms with Gasteiger partial charge in [-0.05, 0) is 64.4 Å². The van der Waals surface area contributed by atoms with Crippen LogP contribution in [0.4, 0.5) is 0 Å². The molecule has 0 saturated heterocycles. The van der Waals surface area contributed by atoms with Gasteiger partial charge in [0.2, 0.25) is 0 Å². The van der Waals surface area contributed by atoms with Gasteiger partial charge in [0.25, 0.3) is 0 Å². The van der Waals surface area contributed by atoms with Crippen LogP contribution in [0, 0.1) is 6.92 Å². The van der Waals surface area contributed by atoms with E-state index in [0.29, 0.717) is 15.2 Å². The molecule has 0 aliphatic carbocycles. The Morgan fingerprint density at radius 2 is 1.69 bits per heavy atom. The van der Waals surface area contributed by atoms with E-state index in [4.69, 9.17) is 26.9 Å². The average Bonchev–Trinajstić information content (AvgIpc) is 2.86. The van der Waals surface area contributed by atoms with Gasteiger partial charge in [0, 0.05) is 12.5 Å². The van der Waals surface area contributed by atoms with E-state index in [2.05, 4.69) is 25.2 Å². The Balaban J connectivity index is 2.01. The SMILES string of the molecule is CN/C(I)=C(/CO)N(N)C[C@@H](O)COc1ccc(C(C)(C)c2ccc(OC[C@@H](O)CCl)c(C)c2)cc1. The second-order valence-corrected chi connectivity index (χ2v) is 10.4. The van der Waals surface area contributed by atoms with Gasteiger partial charge in [-0.2, -0.15) is 0 Å². The van der Waals surface area contributed by atoms with E-state index < -0.39 is 12.2 Å². The maximum Gasteiger partial charge on any atom is 0.122 e. The van der Waals surface area contributed by atoms with Crippen LogP contribution >= 0.6 is 34.2 Å². The van der Waals surface area contributed by atoms with E-state index >= 15 is 0 Å².